The molecule has 9 nitrogen and oxygen atoms in total. The third-order valence-electron chi connectivity index (χ3n) is 5.79. The summed E-state index contributed by atoms with van der Waals surface area (Å²) in [6, 6.07) is 16.1. The van der Waals surface area contributed by atoms with Crippen molar-refractivity contribution in [2.45, 2.75) is 12.8 Å². The van der Waals surface area contributed by atoms with E-state index in [2.05, 4.69) is 14.9 Å². The van der Waals surface area contributed by atoms with Crippen molar-refractivity contribution in [3.8, 4) is 22.1 Å². The van der Waals surface area contributed by atoms with E-state index in [-0.39, 0.29) is 17.6 Å². The second kappa shape index (κ2) is 9.92. The van der Waals surface area contributed by atoms with Crippen LogP contribution in [0.3, 0.4) is 0 Å². The number of amides is 1. The van der Waals surface area contributed by atoms with Crippen molar-refractivity contribution < 1.29 is 17.9 Å². The van der Waals surface area contributed by atoms with Crippen LogP contribution >= 0.6 is 22.9 Å². The minimum absolute atomic E-state index is 0.0245. The molecule has 1 fully saturated rings. The highest BCUT2D eigenvalue weighted by molar-refractivity contribution is 7.92. The van der Waals surface area contributed by atoms with Crippen LogP contribution in [-0.4, -0.2) is 48.5 Å². The van der Waals surface area contributed by atoms with Crippen molar-refractivity contribution in [1.29, 1.82) is 0 Å². The summed E-state index contributed by atoms with van der Waals surface area (Å²) in [7, 11) is -2.26. The summed E-state index contributed by atoms with van der Waals surface area (Å²) >= 11 is 7.37. The molecule has 1 amide bonds. The number of nitrogens with one attached hydrogen (secondary N) is 1. The number of methoxy groups -OCH3 is 1. The Bertz CT molecular complexity index is 1500. The molecule has 4 aromatic rings. The number of aromatic nitrogens is 3. The molecule has 12 heteroatoms. The lowest BCUT2D eigenvalue weighted by atomic mass is 10.1. The predicted octanol–water partition coefficient (Wildman–Crippen LogP) is 4.38. The average Bonchev–Trinajstić information content (AvgIpc) is 3.52. The van der Waals surface area contributed by atoms with Crippen LogP contribution in [0.15, 0.2) is 60.0 Å². The van der Waals surface area contributed by atoms with Crippen molar-refractivity contribution in [3.05, 3.63) is 70.6 Å². The maximum absolute atomic E-state index is 13.0. The maximum atomic E-state index is 13.0. The molecule has 0 saturated carbocycles. The zero-order valence-electron chi connectivity index (χ0n) is 19.2. The molecular weight excluding hydrogens is 522 g/mol. The van der Waals surface area contributed by atoms with Gasteiger partial charge in [0.1, 0.15) is 5.75 Å². The van der Waals surface area contributed by atoms with E-state index in [1.165, 1.54) is 18.4 Å². The van der Waals surface area contributed by atoms with Gasteiger partial charge in [0.2, 0.25) is 21.9 Å². The quantitative estimate of drug-likeness (QED) is 0.314. The first-order chi connectivity index (χ1) is 17.3. The van der Waals surface area contributed by atoms with E-state index in [0.717, 1.165) is 10.4 Å². The number of rotatable bonds is 9. The van der Waals surface area contributed by atoms with E-state index in [9.17, 15) is 13.2 Å². The Balaban J connectivity index is 1.53. The molecule has 0 spiro atoms. The number of sulfonamides is 1. The van der Waals surface area contributed by atoms with Gasteiger partial charge in [-0.15, -0.1) is 21.5 Å². The fourth-order valence-electron chi connectivity index (χ4n) is 3.85. The molecule has 0 unspecified atom stereocenters. The lowest BCUT2D eigenvalue weighted by molar-refractivity contribution is -0.122. The third kappa shape index (κ3) is 4.95. The molecular formula is C24H22ClN5O4S2. The second-order valence-electron chi connectivity index (χ2n) is 8.11. The van der Waals surface area contributed by atoms with Gasteiger partial charge in [-0.3, -0.25) is 14.1 Å². The molecule has 36 heavy (non-hydrogen) atoms. The van der Waals surface area contributed by atoms with Gasteiger partial charge in [-0.1, -0.05) is 29.8 Å². The largest absolute Gasteiger partial charge is 0.495 e. The lowest BCUT2D eigenvalue weighted by Gasteiger charge is -2.31. The highest BCUT2D eigenvalue weighted by Crippen LogP contribution is 2.36. The zero-order valence-corrected chi connectivity index (χ0v) is 21.6. The van der Waals surface area contributed by atoms with Gasteiger partial charge in [-0.25, -0.2) is 8.42 Å². The van der Waals surface area contributed by atoms with Crippen LogP contribution in [0.25, 0.3) is 16.4 Å². The lowest BCUT2D eigenvalue weighted by Crippen LogP contribution is -2.43. The zero-order chi connectivity index (χ0) is 25.3. The van der Waals surface area contributed by atoms with Crippen LogP contribution in [0.5, 0.6) is 5.75 Å². The van der Waals surface area contributed by atoms with Gasteiger partial charge < -0.3 is 9.64 Å². The number of carbonyl (C=O) groups excluding carboxylic acids is 1. The van der Waals surface area contributed by atoms with Crippen LogP contribution in [0.4, 0.5) is 11.6 Å². The first-order valence-corrected chi connectivity index (χ1v) is 14.0. The van der Waals surface area contributed by atoms with Crippen LogP contribution in [0.2, 0.25) is 5.02 Å². The van der Waals surface area contributed by atoms with Gasteiger partial charge in [0.15, 0.2) is 5.82 Å². The smallest absolute Gasteiger partial charge is 0.243 e. The summed E-state index contributed by atoms with van der Waals surface area (Å²) in [6.45, 7) is 0.620. The molecule has 1 aliphatic rings. The average molecular weight is 544 g/mol. The summed E-state index contributed by atoms with van der Waals surface area (Å²) < 4.78 is 35.9. The first-order valence-electron chi connectivity index (χ1n) is 11.1. The van der Waals surface area contributed by atoms with Crippen molar-refractivity contribution >= 4 is 50.5 Å². The van der Waals surface area contributed by atoms with Crippen molar-refractivity contribution in [3.63, 3.8) is 0 Å². The Morgan fingerprint density at radius 2 is 1.94 bits per heavy atom. The van der Waals surface area contributed by atoms with Gasteiger partial charge >= 0.3 is 0 Å². The van der Waals surface area contributed by atoms with E-state index in [4.69, 9.17) is 16.3 Å². The van der Waals surface area contributed by atoms with E-state index in [1.54, 1.807) is 51.9 Å². The molecule has 3 heterocycles. The molecule has 0 aliphatic carbocycles. The maximum Gasteiger partial charge on any atom is 0.243 e. The number of ether oxygens (including phenoxy) is 1. The number of β-lactam (4-membered cyclic amide) rings is 1. The summed E-state index contributed by atoms with van der Waals surface area (Å²) in [5.74, 6) is 0.822. The Morgan fingerprint density at radius 1 is 1.14 bits per heavy atom. The van der Waals surface area contributed by atoms with E-state index in [0.29, 0.717) is 47.4 Å². The molecule has 5 rings (SSSR count). The number of hydrogen-bond donors (Lipinski definition) is 1. The number of benzene rings is 2. The Kier molecular flexibility index (Phi) is 6.69. The number of thiophene rings is 1. The number of carbonyl (C=O) groups is 1. The number of aryl methyl sites for hydroxylation is 1. The Hall–Kier alpha value is -3.41. The fourth-order valence-corrected chi connectivity index (χ4v) is 5.69. The molecule has 186 valence electrons. The highest BCUT2D eigenvalue weighted by atomic mass is 35.5. The van der Waals surface area contributed by atoms with Crippen LogP contribution in [0, 0.1) is 0 Å². The predicted molar refractivity (Wildman–Crippen MR) is 141 cm³/mol. The van der Waals surface area contributed by atoms with Gasteiger partial charge in [-0.2, -0.15) is 0 Å². The van der Waals surface area contributed by atoms with Crippen molar-refractivity contribution in [2.75, 3.05) is 29.0 Å². The van der Waals surface area contributed by atoms with Crippen molar-refractivity contribution in [1.82, 2.24) is 14.8 Å². The molecule has 0 radical (unpaired) electrons. The van der Waals surface area contributed by atoms with Crippen LogP contribution in [-0.2, 0) is 21.2 Å². The minimum Gasteiger partial charge on any atom is -0.495 e. The number of halogens is 1. The first kappa shape index (κ1) is 24.3. The van der Waals surface area contributed by atoms with Gasteiger partial charge in [0.25, 0.3) is 0 Å². The molecule has 0 atom stereocenters. The molecule has 1 saturated heterocycles. The monoisotopic (exact) mass is 543 g/mol. The van der Waals surface area contributed by atoms with Gasteiger partial charge in [0, 0.05) is 23.7 Å². The number of anilines is 2. The summed E-state index contributed by atoms with van der Waals surface area (Å²) in [5, 5.41) is 11.0. The van der Waals surface area contributed by atoms with Gasteiger partial charge in [0.05, 0.1) is 23.4 Å². The normalized spacial score (nSPS) is 13.5. The summed E-state index contributed by atoms with van der Waals surface area (Å²) in [6.07, 6.45) is 0.793. The topological polar surface area (TPSA) is 106 Å². The standard InChI is InChI=1S/C24H22ClN5O4S2/c1-34-20-9-8-18(29-12-10-22(29)31)15-19(20)30-23(21-3-2-13-35-21)26-27-24(30)28-36(32,33)14-11-16-4-6-17(25)7-5-16/h2-9,13,15H,10-12,14H2,1H3,(H,27,28). The fraction of sp³-hybridized carbons (Fsp3) is 0.208. The third-order valence-corrected chi connectivity index (χ3v) is 8.14. The molecule has 2 aromatic heterocycles. The Morgan fingerprint density at radius 3 is 2.58 bits per heavy atom. The van der Waals surface area contributed by atoms with Gasteiger partial charge in [-0.05, 0) is 53.8 Å². The highest BCUT2D eigenvalue weighted by Gasteiger charge is 2.28. The van der Waals surface area contributed by atoms with Crippen LogP contribution < -0.4 is 14.4 Å². The Labute approximate surface area is 217 Å². The molecule has 1 N–H and O–H groups in total. The number of nitrogens with zero attached hydrogens (tertiary/aromatic N) is 4. The molecule has 2 aromatic carbocycles. The minimum atomic E-state index is -3.79. The summed E-state index contributed by atoms with van der Waals surface area (Å²) in [4.78, 5) is 14.5. The molecule has 1 aliphatic heterocycles. The van der Waals surface area contributed by atoms with E-state index in [1.807, 2.05) is 17.5 Å². The number of hydrogen-bond acceptors (Lipinski definition) is 7. The molecule has 0 bridgehead atoms. The van der Waals surface area contributed by atoms with E-state index < -0.39 is 10.0 Å². The summed E-state index contributed by atoms with van der Waals surface area (Å²) in [5.41, 5.74) is 2.04. The van der Waals surface area contributed by atoms with Crippen molar-refractivity contribution in [2.24, 2.45) is 0 Å². The second-order valence-corrected chi connectivity index (χ2v) is 11.3. The van der Waals surface area contributed by atoms with Crippen LogP contribution in [0.1, 0.15) is 12.0 Å². The SMILES string of the molecule is COc1ccc(N2CCC2=O)cc1-n1c(NS(=O)(=O)CCc2ccc(Cl)cc2)nnc1-c1cccs1. The van der Waals surface area contributed by atoms with E-state index >= 15 is 0 Å².